The van der Waals surface area contributed by atoms with Crippen LogP contribution in [0.5, 0.6) is 0 Å². The van der Waals surface area contributed by atoms with Crippen LogP contribution >= 0.6 is 11.8 Å². The molecule has 2 aromatic heterocycles. The molecular formula is C18H16F3N2O3S2+. The lowest BCUT2D eigenvalue weighted by Crippen LogP contribution is -2.34. The van der Waals surface area contributed by atoms with Gasteiger partial charge in [-0.3, -0.25) is 9.42 Å². The van der Waals surface area contributed by atoms with Gasteiger partial charge in [-0.2, -0.15) is 13.2 Å². The number of hydrogen-bond donors (Lipinski definition) is 1. The van der Waals surface area contributed by atoms with E-state index in [-0.39, 0.29) is 39.3 Å². The fourth-order valence-electron chi connectivity index (χ4n) is 2.95. The van der Waals surface area contributed by atoms with E-state index in [1.165, 1.54) is 18.2 Å². The van der Waals surface area contributed by atoms with Gasteiger partial charge in [-0.1, -0.05) is 6.92 Å². The Morgan fingerprint density at radius 3 is 2.75 bits per heavy atom. The van der Waals surface area contributed by atoms with Crippen LogP contribution in [-0.2, 0) is 10.8 Å². The zero-order chi connectivity index (χ0) is 20.1. The van der Waals surface area contributed by atoms with E-state index in [0.717, 1.165) is 23.1 Å². The number of hydrogen-bond acceptors (Lipinski definition) is 5. The summed E-state index contributed by atoms with van der Waals surface area (Å²) in [6.45, 7) is 1.76. The number of thioether (sulfide) groups is 1. The quantitative estimate of drug-likeness (QED) is 0.364. The Balaban J connectivity index is 1.81. The van der Waals surface area contributed by atoms with Gasteiger partial charge in [-0.25, -0.2) is 4.98 Å². The minimum Gasteiger partial charge on any atom is -0.431 e. The maximum atomic E-state index is 12.6. The summed E-state index contributed by atoms with van der Waals surface area (Å²) in [6.07, 6.45) is 3.57. The molecule has 3 aromatic rings. The van der Waals surface area contributed by atoms with Gasteiger partial charge < -0.3 is 4.42 Å². The highest BCUT2D eigenvalue weighted by molar-refractivity contribution is 8.00. The third kappa shape index (κ3) is 3.88. The normalized spacial score (nSPS) is 15.9. The maximum Gasteiger partial charge on any atom is 0.446 e. The zero-order valence-electron chi connectivity index (χ0n) is 14.7. The number of benzene rings is 1. The van der Waals surface area contributed by atoms with Crippen LogP contribution in [0.2, 0.25) is 0 Å². The van der Waals surface area contributed by atoms with Gasteiger partial charge in [0.15, 0.2) is 5.58 Å². The molecule has 0 saturated heterocycles. The van der Waals surface area contributed by atoms with E-state index in [0.29, 0.717) is 16.6 Å². The minimum atomic E-state index is -4.40. The van der Waals surface area contributed by atoms with Gasteiger partial charge in [-0.15, -0.1) is 0 Å². The molecular weight excluding hydrogens is 413 g/mol. The highest BCUT2D eigenvalue weighted by atomic mass is 32.2. The van der Waals surface area contributed by atoms with Crippen LogP contribution in [0.1, 0.15) is 31.2 Å². The summed E-state index contributed by atoms with van der Waals surface area (Å²) in [5.41, 5.74) is -2.86. The number of alkyl halides is 3. The Hall–Kier alpha value is -2.07. The summed E-state index contributed by atoms with van der Waals surface area (Å²) in [4.78, 5) is 4.62. The molecule has 10 heteroatoms. The molecule has 0 bridgehead atoms. The predicted molar refractivity (Wildman–Crippen MR) is 97.7 cm³/mol. The molecule has 0 aliphatic heterocycles. The average molecular weight is 429 g/mol. The van der Waals surface area contributed by atoms with Crippen molar-refractivity contribution >= 4 is 33.7 Å². The summed E-state index contributed by atoms with van der Waals surface area (Å²) >= 11 is -0.237. The summed E-state index contributed by atoms with van der Waals surface area (Å²) in [5.74, 6) is 0.685. The molecule has 28 heavy (non-hydrogen) atoms. The van der Waals surface area contributed by atoms with Crippen molar-refractivity contribution < 1.29 is 31.7 Å². The standard InChI is InChI=1S/C18H16F3N2O3S2/c1-2-28(25)15-7-11(10-3-4-10)9-23(24)16(15)17-22-13-8-12(27-18(19,20)21)5-6-14(13)26-17/h5-10,24H,2-4H2,1H3/q+1. The molecule has 0 amide bonds. The summed E-state index contributed by atoms with van der Waals surface area (Å²) in [6, 6.07) is 5.76. The Morgan fingerprint density at radius 2 is 2.11 bits per heavy atom. The lowest BCUT2D eigenvalue weighted by molar-refractivity contribution is -0.897. The lowest BCUT2D eigenvalue weighted by atomic mass is 10.2. The van der Waals surface area contributed by atoms with Gasteiger partial charge in [0.2, 0.25) is 6.20 Å². The van der Waals surface area contributed by atoms with Crippen molar-refractivity contribution in [1.29, 1.82) is 0 Å². The van der Waals surface area contributed by atoms with Gasteiger partial charge in [0.25, 0.3) is 0 Å². The molecule has 1 aliphatic carbocycles. The van der Waals surface area contributed by atoms with E-state index in [1.807, 2.05) is 0 Å². The number of aromatic nitrogens is 2. The first kappa shape index (κ1) is 19.3. The summed E-state index contributed by atoms with van der Waals surface area (Å²) < 4.78 is 56.9. The Bertz CT molecular complexity index is 1080. The molecule has 1 aromatic carbocycles. The van der Waals surface area contributed by atoms with E-state index in [2.05, 4.69) is 4.98 Å². The Morgan fingerprint density at radius 1 is 1.36 bits per heavy atom. The summed E-state index contributed by atoms with van der Waals surface area (Å²) in [5, 5.41) is 10.5. The van der Waals surface area contributed by atoms with E-state index < -0.39 is 16.3 Å². The summed E-state index contributed by atoms with van der Waals surface area (Å²) in [7, 11) is -1.38. The smallest absolute Gasteiger partial charge is 0.431 e. The van der Waals surface area contributed by atoms with E-state index in [4.69, 9.17) is 4.42 Å². The fourth-order valence-corrected chi connectivity index (χ4v) is 4.50. The van der Waals surface area contributed by atoms with E-state index >= 15 is 0 Å². The van der Waals surface area contributed by atoms with Crippen molar-refractivity contribution in [3.8, 4) is 11.6 Å². The van der Waals surface area contributed by atoms with Crippen LogP contribution in [0, 0.1) is 0 Å². The lowest BCUT2D eigenvalue weighted by Gasteiger charge is -2.04. The van der Waals surface area contributed by atoms with Crippen LogP contribution in [0.3, 0.4) is 0 Å². The van der Waals surface area contributed by atoms with Gasteiger partial charge in [-0.05, 0) is 54.8 Å². The van der Waals surface area contributed by atoms with Crippen molar-refractivity contribution in [1.82, 2.24) is 4.98 Å². The first-order valence-corrected chi connectivity index (χ1v) is 10.7. The number of oxazole rings is 1. The molecule has 1 N–H and O–H groups in total. The van der Waals surface area contributed by atoms with Crippen LogP contribution in [-0.4, -0.2) is 25.7 Å². The molecule has 1 fully saturated rings. The first-order chi connectivity index (χ1) is 13.2. The molecule has 1 unspecified atom stereocenters. The molecule has 4 rings (SSSR count). The van der Waals surface area contributed by atoms with Crippen molar-refractivity contribution in [3.63, 3.8) is 0 Å². The third-order valence-corrected chi connectivity index (χ3v) is 6.43. The molecule has 0 radical (unpaired) electrons. The van der Waals surface area contributed by atoms with Crippen molar-refractivity contribution in [2.24, 2.45) is 0 Å². The second-order valence-electron chi connectivity index (χ2n) is 6.44. The first-order valence-electron chi connectivity index (χ1n) is 8.59. The largest absolute Gasteiger partial charge is 0.446 e. The predicted octanol–water partition coefficient (Wildman–Crippen LogP) is 4.64. The number of nitrogens with zero attached hydrogens (tertiary/aromatic N) is 2. The third-order valence-electron chi connectivity index (χ3n) is 4.38. The van der Waals surface area contributed by atoms with Crippen LogP contribution in [0.15, 0.2) is 44.7 Å². The molecule has 1 aliphatic rings. The fraction of sp³-hybridized carbons (Fsp3) is 0.333. The average Bonchev–Trinajstić information content (AvgIpc) is 3.39. The maximum absolute atomic E-state index is 12.6. The molecule has 1 atom stereocenters. The minimum absolute atomic E-state index is 0.00538. The SMILES string of the molecule is CCS(=O)c1cc(C2CC2)c[n+](O)c1-c1nc2cc(SC(F)(F)F)ccc2o1. The van der Waals surface area contributed by atoms with E-state index in [1.54, 1.807) is 19.2 Å². The molecule has 5 nitrogen and oxygen atoms in total. The van der Waals surface area contributed by atoms with Gasteiger partial charge >= 0.3 is 17.1 Å². The van der Waals surface area contributed by atoms with Crippen molar-refractivity contribution in [2.75, 3.05) is 5.75 Å². The highest BCUT2D eigenvalue weighted by Gasteiger charge is 2.34. The van der Waals surface area contributed by atoms with Crippen LogP contribution in [0.4, 0.5) is 13.2 Å². The second kappa shape index (κ2) is 7.07. The number of halogens is 3. The molecule has 1 saturated carbocycles. The number of rotatable bonds is 5. The Kier molecular flexibility index (Phi) is 4.86. The van der Waals surface area contributed by atoms with Gasteiger partial charge in [0.05, 0.1) is 10.8 Å². The van der Waals surface area contributed by atoms with Crippen molar-refractivity contribution in [3.05, 3.63) is 36.0 Å². The van der Waals surface area contributed by atoms with Crippen LogP contribution < -0.4 is 4.73 Å². The van der Waals surface area contributed by atoms with Gasteiger partial charge in [0, 0.05) is 20.9 Å². The highest BCUT2D eigenvalue weighted by Crippen LogP contribution is 2.41. The van der Waals surface area contributed by atoms with Crippen molar-refractivity contribution in [2.45, 2.75) is 41.0 Å². The van der Waals surface area contributed by atoms with Crippen LogP contribution in [0.25, 0.3) is 22.7 Å². The monoisotopic (exact) mass is 429 g/mol. The topological polar surface area (TPSA) is 67.2 Å². The molecule has 2 heterocycles. The number of fused-ring (bicyclic) bond motifs is 1. The van der Waals surface area contributed by atoms with E-state index in [9.17, 15) is 22.6 Å². The number of pyridine rings is 1. The van der Waals surface area contributed by atoms with Gasteiger partial charge in [0.1, 0.15) is 10.4 Å². The zero-order valence-corrected chi connectivity index (χ0v) is 16.3. The molecule has 148 valence electrons. The molecule has 0 spiro atoms. The second-order valence-corrected chi connectivity index (χ2v) is 9.28. The Labute approximate surface area is 165 Å².